The number of nitrogens with zero attached hydrogens (tertiary/aromatic N) is 3. The third-order valence-electron chi connectivity index (χ3n) is 4.11. The molecule has 7 heteroatoms. The Hall–Kier alpha value is -1.83. The zero-order chi connectivity index (χ0) is 17.6. The third-order valence-corrected chi connectivity index (χ3v) is 4.69. The summed E-state index contributed by atoms with van der Waals surface area (Å²) < 4.78 is 13.2. The van der Waals surface area contributed by atoms with E-state index in [4.69, 9.17) is 20.2 Å². The third kappa shape index (κ3) is 3.89. The number of hydrogen-bond acceptors (Lipinski definition) is 6. The van der Waals surface area contributed by atoms with Gasteiger partial charge in [0.15, 0.2) is 5.82 Å². The van der Waals surface area contributed by atoms with Crippen LogP contribution in [0.2, 0.25) is 0 Å². The molecule has 0 aliphatic heterocycles. The maximum absolute atomic E-state index is 6.18. The minimum absolute atomic E-state index is 0.467. The molecule has 6 nitrogen and oxygen atoms in total. The Morgan fingerprint density at radius 2 is 2.00 bits per heavy atom. The standard InChI is InChI=1S/C18H24N4O2S/c1-23-9-7-15-21-16-17(22(15)8-10-24-11-12-25-2)13-5-3-4-6-14(13)20-18(16)19/h3-6H,7-12H2,1-2H3,(H2,19,20). The van der Waals surface area contributed by atoms with Gasteiger partial charge in [-0.25, -0.2) is 9.97 Å². The number of benzene rings is 1. The van der Waals surface area contributed by atoms with Gasteiger partial charge in [0.25, 0.3) is 0 Å². The molecule has 134 valence electrons. The van der Waals surface area contributed by atoms with E-state index in [1.165, 1.54) is 0 Å². The topological polar surface area (TPSA) is 75.2 Å². The molecule has 0 fully saturated rings. The zero-order valence-electron chi connectivity index (χ0n) is 14.7. The van der Waals surface area contributed by atoms with E-state index in [0.717, 1.165) is 53.1 Å². The molecule has 0 radical (unpaired) electrons. The van der Waals surface area contributed by atoms with E-state index in [0.29, 0.717) is 19.0 Å². The second-order valence-corrected chi connectivity index (χ2v) is 6.72. The van der Waals surface area contributed by atoms with E-state index in [9.17, 15) is 0 Å². The summed E-state index contributed by atoms with van der Waals surface area (Å²) in [5.41, 5.74) is 8.85. The van der Waals surface area contributed by atoms with Gasteiger partial charge in [0, 0.05) is 31.2 Å². The molecule has 1 aromatic carbocycles. The molecule has 3 aromatic rings. The molecule has 0 saturated carbocycles. The molecule has 2 aromatic heterocycles. The summed E-state index contributed by atoms with van der Waals surface area (Å²) in [6.07, 6.45) is 2.81. The highest BCUT2D eigenvalue weighted by Gasteiger charge is 2.16. The molecule has 0 bridgehead atoms. The normalized spacial score (nSPS) is 11.6. The van der Waals surface area contributed by atoms with Crippen LogP contribution in [0, 0.1) is 0 Å². The predicted octanol–water partition coefficient (Wildman–Crippen LogP) is 2.74. The Morgan fingerprint density at radius 1 is 1.16 bits per heavy atom. The van der Waals surface area contributed by atoms with Gasteiger partial charge in [-0.3, -0.25) is 0 Å². The van der Waals surface area contributed by atoms with Crippen molar-refractivity contribution in [1.82, 2.24) is 14.5 Å². The monoisotopic (exact) mass is 360 g/mol. The van der Waals surface area contributed by atoms with Crippen molar-refractivity contribution in [3.63, 3.8) is 0 Å². The number of anilines is 1. The van der Waals surface area contributed by atoms with Crippen molar-refractivity contribution >= 4 is 39.5 Å². The lowest BCUT2D eigenvalue weighted by Crippen LogP contribution is -2.12. The van der Waals surface area contributed by atoms with Gasteiger partial charge < -0.3 is 19.8 Å². The quantitative estimate of drug-likeness (QED) is 0.592. The molecule has 0 unspecified atom stereocenters. The van der Waals surface area contributed by atoms with Gasteiger partial charge in [0.2, 0.25) is 0 Å². The van der Waals surface area contributed by atoms with E-state index < -0.39 is 0 Å². The minimum Gasteiger partial charge on any atom is -0.384 e. The van der Waals surface area contributed by atoms with Crippen LogP contribution in [-0.4, -0.2) is 53.5 Å². The number of thioether (sulfide) groups is 1. The van der Waals surface area contributed by atoms with Crippen molar-refractivity contribution in [2.24, 2.45) is 0 Å². The summed E-state index contributed by atoms with van der Waals surface area (Å²) in [5, 5.41) is 1.06. The lowest BCUT2D eigenvalue weighted by Gasteiger charge is -2.11. The fraction of sp³-hybridized carbons (Fsp3) is 0.444. The van der Waals surface area contributed by atoms with Crippen LogP contribution in [0.15, 0.2) is 24.3 Å². The largest absolute Gasteiger partial charge is 0.384 e. The smallest absolute Gasteiger partial charge is 0.152 e. The Labute approximate surface area is 151 Å². The molecule has 25 heavy (non-hydrogen) atoms. The first-order valence-electron chi connectivity index (χ1n) is 8.35. The highest BCUT2D eigenvalue weighted by molar-refractivity contribution is 7.98. The van der Waals surface area contributed by atoms with Crippen LogP contribution in [0.3, 0.4) is 0 Å². The van der Waals surface area contributed by atoms with Gasteiger partial charge in [-0.05, 0) is 12.3 Å². The average molecular weight is 360 g/mol. The van der Waals surface area contributed by atoms with Gasteiger partial charge in [-0.1, -0.05) is 18.2 Å². The van der Waals surface area contributed by atoms with E-state index in [1.807, 2.05) is 18.2 Å². The summed E-state index contributed by atoms with van der Waals surface area (Å²) >= 11 is 1.78. The fourth-order valence-electron chi connectivity index (χ4n) is 2.93. The highest BCUT2D eigenvalue weighted by Crippen LogP contribution is 2.28. The maximum Gasteiger partial charge on any atom is 0.152 e. The van der Waals surface area contributed by atoms with Crippen molar-refractivity contribution in [1.29, 1.82) is 0 Å². The molecule has 2 heterocycles. The molecule has 0 atom stereocenters. The first kappa shape index (κ1) is 18.0. The molecule has 0 spiro atoms. The molecule has 3 rings (SSSR count). The molecule has 0 amide bonds. The van der Waals surface area contributed by atoms with Crippen LogP contribution < -0.4 is 5.73 Å². The van der Waals surface area contributed by atoms with Crippen LogP contribution in [0.25, 0.3) is 21.9 Å². The van der Waals surface area contributed by atoms with E-state index in [1.54, 1.807) is 18.9 Å². The number of aromatic nitrogens is 3. The summed E-state index contributed by atoms with van der Waals surface area (Å²) in [7, 11) is 1.70. The van der Waals surface area contributed by atoms with Crippen LogP contribution in [0.4, 0.5) is 5.82 Å². The lowest BCUT2D eigenvalue weighted by molar-refractivity contribution is 0.141. The first-order valence-corrected chi connectivity index (χ1v) is 9.74. The van der Waals surface area contributed by atoms with Gasteiger partial charge in [-0.15, -0.1) is 0 Å². The number of rotatable bonds is 9. The second-order valence-electron chi connectivity index (χ2n) is 5.74. The summed E-state index contributed by atoms with van der Waals surface area (Å²) in [6.45, 7) is 2.74. The highest BCUT2D eigenvalue weighted by atomic mass is 32.2. The molecule has 2 N–H and O–H groups in total. The van der Waals surface area contributed by atoms with Crippen molar-refractivity contribution in [3.8, 4) is 0 Å². The fourth-order valence-corrected chi connectivity index (χ4v) is 3.21. The van der Waals surface area contributed by atoms with Crippen molar-refractivity contribution in [3.05, 3.63) is 30.1 Å². The summed E-state index contributed by atoms with van der Waals surface area (Å²) in [4.78, 5) is 9.25. The van der Waals surface area contributed by atoms with Crippen LogP contribution in [-0.2, 0) is 22.4 Å². The SMILES string of the molecule is COCCc1nc2c(N)nc3ccccc3c2n1CCOCCSC. The number of fused-ring (bicyclic) bond motifs is 3. The first-order chi connectivity index (χ1) is 12.3. The molecule has 0 aliphatic rings. The van der Waals surface area contributed by atoms with Crippen LogP contribution in [0.1, 0.15) is 5.82 Å². The average Bonchev–Trinajstić information content (AvgIpc) is 2.99. The maximum atomic E-state index is 6.18. The second kappa shape index (κ2) is 8.51. The Morgan fingerprint density at radius 3 is 2.80 bits per heavy atom. The van der Waals surface area contributed by atoms with E-state index in [-0.39, 0.29) is 0 Å². The number of imidazole rings is 1. The van der Waals surface area contributed by atoms with Crippen LogP contribution >= 0.6 is 11.8 Å². The van der Waals surface area contributed by atoms with Crippen molar-refractivity contribution in [2.75, 3.05) is 44.7 Å². The Balaban J connectivity index is 2.02. The Bertz CT molecular complexity index is 850. The van der Waals surface area contributed by atoms with Crippen molar-refractivity contribution < 1.29 is 9.47 Å². The van der Waals surface area contributed by atoms with Gasteiger partial charge >= 0.3 is 0 Å². The number of pyridine rings is 1. The predicted molar refractivity (Wildman–Crippen MR) is 104 cm³/mol. The molecular formula is C18H24N4O2S. The summed E-state index contributed by atoms with van der Waals surface area (Å²) in [5.74, 6) is 2.42. The zero-order valence-corrected chi connectivity index (χ0v) is 15.5. The van der Waals surface area contributed by atoms with Crippen molar-refractivity contribution in [2.45, 2.75) is 13.0 Å². The molecular weight excluding hydrogens is 336 g/mol. The number of ether oxygens (including phenoxy) is 2. The number of nitrogen functional groups attached to an aromatic ring is 1. The van der Waals surface area contributed by atoms with E-state index in [2.05, 4.69) is 21.9 Å². The number of hydrogen-bond donors (Lipinski definition) is 1. The van der Waals surface area contributed by atoms with Gasteiger partial charge in [0.1, 0.15) is 11.3 Å². The lowest BCUT2D eigenvalue weighted by atomic mass is 10.2. The molecule has 0 aliphatic carbocycles. The van der Waals surface area contributed by atoms with Gasteiger partial charge in [0.05, 0.1) is 30.9 Å². The van der Waals surface area contributed by atoms with Gasteiger partial charge in [-0.2, -0.15) is 11.8 Å². The summed E-state index contributed by atoms with van der Waals surface area (Å²) in [6, 6.07) is 8.03. The minimum atomic E-state index is 0.467. The molecule has 0 saturated heterocycles. The number of nitrogens with two attached hydrogens (primary N) is 1. The number of para-hydroxylation sites is 1. The van der Waals surface area contributed by atoms with E-state index >= 15 is 0 Å². The Kier molecular flexibility index (Phi) is 6.12. The van der Waals surface area contributed by atoms with Crippen LogP contribution in [0.5, 0.6) is 0 Å². The number of methoxy groups -OCH3 is 1.